The summed E-state index contributed by atoms with van der Waals surface area (Å²) >= 11 is 13.9. The standard InChI is InChI=1S/C15H12Cl2N2OS/c1-8-9(2)21-14-13(8)15(20)19(7-18-14)6-10-11(16)4-3-5-12(10)17/h3-5,7H,6H2,1-2H3. The molecule has 0 fully saturated rings. The Morgan fingerprint density at radius 1 is 1.24 bits per heavy atom. The van der Waals surface area contributed by atoms with Crippen molar-refractivity contribution in [3.05, 3.63) is 60.9 Å². The lowest BCUT2D eigenvalue weighted by Crippen LogP contribution is -2.21. The Hall–Kier alpha value is -1.36. The highest BCUT2D eigenvalue weighted by Crippen LogP contribution is 2.27. The highest BCUT2D eigenvalue weighted by Gasteiger charge is 2.13. The maximum atomic E-state index is 12.6. The number of nitrogens with zero attached hydrogens (tertiary/aromatic N) is 2. The molecule has 0 bridgehead atoms. The molecule has 1 aromatic carbocycles. The van der Waals surface area contributed by atoms with Crippen LogP contribution in [0.15, 0.2) is 29.3 Å². The van der Waals surface area contributed by atoms with Crippen molar-refractivity contribution >= 4 is 44.8 Å². The van der Waals surface area contributed by atoms with Crippen molar-refractivity contribution in [1.29, 1.82) is 0 Å². The number of hydrogen-bond acceptors (Lipinski definition) is 3. The van der Waals surface area contributed by atoms with Crippen LogP contribution in [0.5, 0.6) is 0 Å². The predicted molar refractivity (Wildman–Crippen MR) is 88.9 cm³/mol. The average Bonchev–Trinajstić information content (AvgIpc) is 2.73. The summed E-state index contributed by atoms with van der Waals surface area (Å²) in [6.07, 6.45) is 1.56. The molecular formula is C15H12Cl2N2OS. The number of fused-ring (bicyclic) bond motifs is 1. The van der Waals surface area contributed by atoms with Crippen molar-refractivity contribution in [2.75, 3.05) is 0 Å². The zero-order valence-electron chi connectivity index (χ0n) is 11.5. The zero-order chi connectivity index (χ0) is 15.1. The van der Waals surface area contributed by atoms with Crippen LogP contribution in [0.3, 0.4) is 0 Å². The van der Waals surface area contributed by atoms with Crippen molar-refractivity contribution < 1.29 is 0 Å². The number of aromatic nitrogens is 2. The number of aryl methyl sites for hydroxylation is 2. The van der Waals surface area contributed by atoms with E-state index in [9.17, 15) is 4.79 Å². The van der Waals surface area contributed by atoms with Crippen LogP contribution in [0.4, 0.5) is 0 Å². The molecule has 6 heteroatoms. The molecule has 2 heterocycles. The lowest BCUT2D eigenvalue weighted by Gasteiger charge is -2.09. The van der Waals surface area contributed by atoms with Crippen molar-refractivity contribution in [3.8, 4) is 0 Å². The minimum Gasteiger partial charge on any atom is -0.294 e. The van der Waals surface area contributed by atoms with Gasteiger partial charge in [-0.15, -0.1) is 11.3 Å². The molecule has 0 aliphatic rings. The topological polar surface area (TPSA) is 34.9 Å². The number of halogens is 2. The van der Waals surface area contributed by atoms with Crippen molar-refractivity contribution in [2.45, 2.75) is 20.4 Å². The van der Waals surface area contributed by atoms with Crippen LogP contribution in [0.2, 0.25) is 10.0 Å². The van der Waals surface area contributed by atoms with Gasteiger partial charge < -0.3 is 0 Å². The Kier molecular flexibility index (Phi) is 3.78. The molecule has 0 aliphatic heterocycles. The molecule has 3 aromatic rings. The second-order valence-corrected chi connectivity index (χ2v) is 6.86. The fourth-order valence-electron chi connectivity index (χ4n) is 2.24. The van der Waals surface area contributed by atoms with Crippen LogP contribution in [-0.2, 0) is 6.54 Å². The first kappa shape index (κ1) is 14.6. The van der Waals surface area contributed by atoms with E-state index in [4.69, 9.17) is 23.2 Å². The fraction of sp³-hybridized carbons (Fsp3) is 0.200. The Labute approximate surface area is 135 Å². The van der Waals surface area contributed by atoms with Crippen LogP contribution in [0, 0.1) is 13.8 Å². The third-order valence-electron chi connectivity index (χ3n) is 3.55. The molecule has 3 rings (SSSR count). The first-order valence-electron chi connectivity index (χ1n) is 6.37. The van der Waals surface area contributed by atoms with Gasteiger partial charge in [-0.05, 0) is 31.5 Å². The molecule has 0 unspecified atom stereocenters. The van der Waals surface area contributed by atoms with Gasteiger partial charge in [0.15, 0.2) is 0 Å². The zero-order valence-corrected chi connectivity index (χ0v) is 13.8. The van der Waals surface area contributed by atoms with Crippen molar-refractivity contribution in [1.82, 2.24) is 9.55 Å². The summed E-state index contributed by atoms with van der Waals surface area (Å²) in [6, 6.07) is 5.31. The van der Waals surface area contributed by atoms with E-state index in [0.29, 0.717) is 22.0 Å². The van der Waals surface area contributed by atoms with Gasteiger partial charge in [-0.3, -0.25) is 9.36 Å². The van der Waals surface area contributed by atoms with Gasteiger partial charge in [-0.25, -0.2) is 4.98 Å². The minimum absolute atomic E-state index is 0.0576. The average molecular weight is 339 g/mol. The van der Waals surface area contributed by atoms with Gasteiger partial charge in [0.2, 0.25) is 0 Å². The Bertz CT molecular complexity index is 878. The van der Waals surface area contributed by atoms with Crippen LogP contribution in [0.25, 0.3) is 10.2 Å². The molecule has 0 amide bonds. The molecule has 3 nitrogen and oxygen atoms in total. The Morgan fingerprint density at radius 3 is 2.57 bits per heavy atom. The fourth-order valence-corrected chi connectivity index (χ4v) is 3.74. The second-order valence-electron chi connectivity index (χ2n) is 4.84. The molecule has 0 radical (unpaired) electrons. The van der Waals surface area contributed by atoms with Gasteiger partial charge >= 0.3 is 0 Å². The number of rotatable bonds is 2. The second kappa shape index (κ2) is 5.44. The van der Waals surface area contributed by atoms with Crippen LogP contribution in [-0.4, -0.2) is 9.55 Å². The predicted octanol–water partition coefficient (Wildman–Crippen LogP) is 4.43. The molecule has 0 saturated heterocycles. The largest absolute Gasteiger partial charge is 0.294 e. The van der Waals surface area contributed by atoms with E-state index < -0.39 is 0 Å². The van der Waals surface area contributed by atoms with E-state index in [2.05, 4.69) is 4.98 Å². The molecule has 21 heavy (non-hydrogen) atoms. The van der Waals surface area contributed by atoms with Crippen LogP contribution >= 0.6 is 34.5 Å². The van der Waals surface area contributed by atoms with Gasteiger partial charge in [0, 0.05) is 20.5 Å². The van der Waals surface area contributed by atoms with Gasteiger partial charge in [-0.1, -0.05) is 29.3 Å². The highest BCUT2D eigenvalue weighted by atomic mass is 35.5. The van der Waals surface area contributed by atoms with Crippen LogP contribution < -0.4 is 5.56 Å². The SMILES string of the molecule is Cc1sc2ncn(Cc3c(Cl)cccc3Cl)c(=O)c2c1C. The quantitative estimate of drug-likeness (QED) is 0.692. The number of benzene rings is 1. The van der Waals surface area contributed by atoms with E-state index in [-0.39, 0.29) is 5.56 Å². The van der Waals surface area contributed by atoms with Crippen molar-refractivity contribution in [2.24, 2.45) is 0 Å². The van der Waals surface area contributed by atoms with Gasteiger partial charge in [0.1, 0.15) is 4.83 Å². The first-order chi connectivity index (χ1) is 9.99. The third-order valence-corrected chi connectivity index (χ3v) is 5.37. The summed E-state index contributed by atoms with van der Waals surface area (Å²) in [5, 5.41) is 1.78. The lowest BCUT2D eigenvalue weighted by molar-refractivity contribution is 0.749. The highest BCUT2D eigenvalue weighted by molar-refractivity contribution is 7.18. The molecule has 0 aliphatic carbocycles. The van der Waals surface area contributed by atoms with Gasteiger partial charge in [0.25, 0.3) is 5.56 Å². The summed E-state index contributed by atoms with van der Waals surface area (Å²) in [5.74, 6) is 0. The maximum absolute atomic E-state index is 12.6. The summed E-state index contributed by atoms with van der Waals surface area (Å²) in [5.41, 5.74) is 1.67. The van der Waals surface area contributed by atoms with E-state index in [1.165, 1.54) is 11.3 Å². The van der Waals surface area contributed by atoms with E-state index in [1.54, 1.807) is 29.1 Å². The summed E-state index contributed by atoms with van der Waals surface area (Å²) in [4.78, 5) is 18.9. The summed E-state index contributed by atoms with van der Waals surface area (Å²) in [6.45, 7) is 4.26. The monoisotopic (exact) mass is 338 g/mol. The van der Waals surface area contributed by atoms with Crippen molar-refractivity contribution in [3.63, 3.8) is 0 Å². The first-order valence-corrected chi connectivity index (χ1v) is 7.94. The Morgan fingerprint density at radius 2 is 1.90 bits per heavy atom. The molecule has 108 valence electrons. The van der Waals surface area contributed by atoms with E-state index >= 15 is 0 Å². The molecule has 0 spiro atoms. The normalized spacial score (nSPS) is 11.2. The molecule has 0 atom stereocenters. The number of thiophene rings is 1. The molecular weight excluding hydrogens is 327 g/mol. The lowest BCUT2D eigenvalue weighted by atomic mass is 10.2. The number of hydrogen-bond donors (Lipinski definition) is 0. The smallest absolute Gasteiger partial charge is 0.262 e. The summed E-state index contributed by atoms with van der Waals surface area (Å²) < 4.78 is 1.55. The molecule has 2 aromatic heterocycles. The van der Waals surface area contributed by atoms with Gasteiger partial charge in [0.05, 0.1) is 18.3 Å². The van der Waals surface area contributed by atoms with E-state index in [0.717, 1.165) is 20.8 Å². The Balaban J connectivity index is 2.16. The summed E-state index contributed by atoms with van der Waals surface area (Å²) in [7, 11) is 0. The molecule has 0 saturated carbocycles. The minimum atomic E-state index is -0.0576. The van der Waals surface area contributed by atoms with Crippen LogP contribution in [0.1, 0.15) is 16.0 Å². The molecule has 0 N–H and O–H groups in total. The maximum Gasteiger partial charge on any atom is 0.262 e. The van der Waals surface area contributed by atoms with E-state index in [1.807, 2.05) is 13.8 Å². The third kappa shape index (κ3) is 2.48. The van der Waals surface area contributed by atoms with Gasteiger partial charge in [-0.2, -0.15) is 0 Å².